The van der Waals surface area contributed by atoms with Crippen LogP contribution in [0.1, 0.15) is 5.56 Å². The molecule has 0 fully saturated rings. The van der Waals surface area contributed by atoms with Crippen LogP contribution in [0.5, 0.6) is 0 Å². The molecule has 4 nitrogen and oxygen atoms in total. The summed E-state index contributed by atoms with van der Waals surface area (Å²) in [6, 6.07) is 7.40. The van der Waals surface area contributed by atoms with Crippen molar-refractivity contribution >= 4 is 28.3 Å². The van der Waals surface area contributed by atoms with Gasteiger partial charge in [-0.05, 0) is 24.1 Å². The number of hydrogen-bond acceptors (Lipinski definition) is 3. The molecule has 18 heavy (non-hydrogen) atoms. The molecule has 0 aliphatic rings. The summed E-state index contributed by atoms with van der Waals surface area (Å²) in [4.78, 5) is 11.4. The molecule has 6 heteroatoms. The van der Waals surface area contributed by atoms with Gasteiger partial charge in [-0.3, -0.25) is 9.00 Å². The van der Waals surface area contributed by atoms with Crippen LogP contribution in [-0.2, 0) is 22.0 Å². The van der Waals surface area contributed by atoms with Gasteiger partial charge in [0.15, 0.2) is 0 Å². The lowest BCUT2D eigenvalue weighted by Gasteiger charge is -2.05. The number of carbonyl (C=O) groups is 1. The molecular formula is C12H16ClNO3S. The second-order valence-corrected chi connectivity index (χ2v) is 5.75. The average Bonchev–Trinajstić information content (AvgIpc) is 2.32. The van der Waals surface area contributed by atoms with Crippen molar-refractivity contribution in [3.63, 3.8) is 0 Å². The van der Waals surface area contributed by atoms with Gasteiger partial charge in [0.05, 0.1) is 6.61 Å². The zero-order valence-corrected chi connectivity index (χ0v) is 11.5. The molecule has 2 N–H and O–H groups in total. The molecule has 1 amide bonds. The lowest BCUT2D eigenvalue weighted by molar-refractivity contribution is -0.118. The Labute approximate surface area is 114 Å². The van der Waals surface area contributed by atoms with E-state index in [0.29, 0.717) is 18.0 Å². The smallest absolute Gasteiger partial charge is 0.232 e. The molecule has 0 saturated heterocycles. The molecule has 0 saturated carbocycles. The summed E-state index contributed by atoms with van der Waals surface area (Å²) in [5, 5.41) is 11.9. The van der Waals surface area contributed by atoms with Crippen LogP contribution in [0, 0.1) is 0 Å². The SMILES string of the molecule is O=C(CS(=O)CCO)NCCc1ccc(Cl)cc1. The number of aliphatic hydroxyl groups is 1. The highest BCUT2D eigenvalue weighted by molar-refractivity contribution is 7.85. The molecule has 0 heterocycles. The summed E-state index contributed by atoms with van der Waals surface area (Å²) in [7, 11) is -1.28. The van der Waals surface area contributed by atoms with Crippen molar-refractivity contribution in [2.75, 3.05) is 24.7 Å². The van der Waals surface area contributed by atoms with Crippen molar-refractivity contribution in [3.05, 3.63) is 34.9 Å². The van der Waals surface area contributed by atoms with Gasteiger partial charge in [-0.15, -0.1) is 0 Å². The van der Waals surface area contributed by atoms with Crippen LogP contribution < -0.4 is 5.32 Å². The van der Waals surface area contributed by atoms with Crippen LogP contribution >= 0.6 is 11.6 Å². The molecule has 1 atom stereocenters. The van der Waals surface area contributed by atoms with E-state index >= 15 is 0 Å². The monoisotopic (exact) mass is 289 g/mol. The van der Waals surface area contributed by atoms with Crippen molar-refractivity contribution < 1.29 is 14.1 Å². The normalized spacial score (nSPS) is 12.1. The van der Waals surface area contributed by atoms with Gasteiger partial charge in [0.2, 0.25) is 5.91 Å². The Morgan fingerprint density at radius 2 is 2.00 bits per heavy atom. The standard InChI is InChI=1S/C12H16ClNO3S/c13-11-3-1-10(2-4-11)5-6-14-12(16)9-18(17)8-7-15/h1-4,15H,5-9H2,(H,14,16). The first-order chi connectivity index (χ1) is 8.61. The van der Waals surface area contributed by atoms with Crippen LogP contribution in [0.15, 0.2) is 24.3 Å². The number of carbonyl (C=O) groups excluding carboxylic acids is 1. The van der Waals surface area contributed by atoms with E-state index in [1.807, 2.05) is 12.1 Å². The molecule has 100 valence electrons. The maximum atomic E-state index is 11.4. The highest BCUT2D eigenvalue weighted by Crippen LogP contribution is 2.09. The number of nitrogens with one attached hydrogen (secondary N) is 1. The van der Waals surface area contributed by atoms with Crippen molar-refractivity contribution in [3.8, 4) is 0 Å². The summed E-state index contributed by atoms with van der Waals surface area (Å²) in [6.07, 6.45) is 0.704. The summed E-state index contributed by atoms with van der Waals surface area (Å²) < 4.78 is 11.2. The first-order valence-corrected chi connectivity index (χ1v) is 7.45. The van der Waals surface area contributed by atoms with Gasteiger partial charge in [-0.25, -0.2) is 0 Å². The Balaban J connectivity index is 2.23. The highest BCUT2D eigenvalue weighted by atomic mass is 35.5. The largest absolute Gasteiger partial charge is 0.395 e. The molecule has 1 unspecified atom stereocenters. The van der Waals surface area contributed by atoms with Gasteiger partial charge < -0.3 is 10.4 Å². The minimum absolute atomic E-state index is 0.0544. The van der Waals surface area contributed by atoms with Crippen LogP contribution in [0.25, 0.3) is 0 Å². The third-order valence-electron chi connectivity index (χ3n) is 2.26. The van der Waals surface area contributed by atoms with E-state index in [9.17, 15) is 9.00 Å². The zero-order valence-electron chi connectivity index (χ0n) is 9.89. The van der Waals surface area contributed by atoms with E-state index in [1.165, 1.54) is 0 Å². The molecule has 1 rings (SSSR count). The van der Waals surface area contributed by atoms with E-state index in [2.05, 4.69) is 5.32 Å². The zero-order chi connectivity index (χ0) is 13.4. The Bertz CT molecular complexity index is 408. The quantitative estimate of drug-likeness (QED) is 0.778. The summed E-state index contributed by atoms with van der Waals surface area (Å²) in [5.74, 6) is -0.165. The van der Waals surface area contributed by atoms with Gasteiger partial charge in [-0.1, -0.05) is 23.7 Å². The van der Waals surface area contributed by atoms with Crippen molar-refractivity contribution in [1.29, 1.82) is 0 Å². The third kappa shape index (κ3) is 6.14. The lowest BCUT2D eigenvalue weighted by atomic mass is 10.1. The Kier molecular flexibility index (Phi) is 6.93. The number of benzene rings is 1. The Hall–Kier alpha value is -0.910. The second kappa shape index (κ2) is 8.24. The topological polar surface area (TPSA) is 66.4 Å². The molecular weight excluding hydrogens is 274 g/mol. The fraction of sp³-hybridized carbons (Fsp3) is 0.417. The summed E-state index contributed by atoms with van der Waals surface area (Å²) >= 11 is 5.76. The van der Waals surface area contributed by atoms with Crippen molar-refractivity contribution in [2.24, 2.45) is 0 Å². The predicted molar refractivity (Wildman–Crippen MR) is 73.1 cm³/mol. The van der Waals surface area contributed by atoms with E-state index in [1.54, 1.807) is 12.1 Å². The fourth-order valence-corrected chi connectivity index (χ4v) is 2.24. The predicted octanol–water partition coefficient (Wildman–Crippen LogP) is 0.740. The van der Waals surface area contributed by atoms with Gasteiger partial charge in [0.25, 0.3) is 0 Å². The molecule has 1 aromatic carbocycles. The molecule has 0 spiro atoms. The first-order valence-electron chi connectivity index (χ1n) is 5.59. The second-order valence-electron chi connectivity index (χ2n) is 3.74. The molecule has 0 aliphatic carbocycles. The van der Waals surface area contributed by atoms with Gasteiger partial charge in [0, 0.05) is 28.1 Å². The van der Waals surface area contributed by atoms with Crippen LogP contribution in [0.2, 0.25) is 5.02 Å². The van der Waals surface area contributed by atoms with E-state index in [-0.39, 0.29) is 24.0 Å². The third-order valence-corrected chi connectivity index (χ3v) is 3.73. The molecule has 0 aliphatic heterocycles. The van der Waals surface area contributed by atoms with Gasteiger partial charge in [0.1, 0.15) is 5.75 Å². The number of aliphatic hydroxyl groups excluding tert-OH is 1. The number of rotatable bonds is 7. The van der Waals surface area contributed by atoms with E-state index in [4.69, 9.17) is 16.7 Å². The van der Waals surface area contributed by atoms with Gasteiger partial charge >= 0.3 is 0 Å². The minimum atomic E-state index is -1.28. The van der Waals surface area contributed by atoms with Crippen LogP contribution in [0.3, 0.4) is 0 Å². The maximum Gasteiger partial charge on any atom is 0.232 e. The van der Waals surface area contributed by atoms with Gasteiger partial charge in [-0.2, -0.15) is 0 Å². The number of halogens is 1. The average molecular weight is 290 g/mol. The Morgan fingerprint density at radius 3 is 2.61 bits per heavy atom. The minimum Gasteiger partial charge on any atom is -0.395 e. The van der Waals surface area contributed by atoms with E-state index < -0.39 is 10.8 Å². The molecule has 1 aromatic rings. The fourth-order valence-electron chi connectivity index (χ4n) is 1.37. The molecule has 0 aromatic heterocycles. The summed E-state index contributed by atoms with van der Waals surface area (Å²) in [5.41, 5.74) is 1.08. The van der Waals surface area contributed by atoms with Crippen LogP contribution in [0.4, 0.5) is 0 Å². The highest BCUT2D eigenvalue weighted by Gasteiger charge is 2.06. The van der Waals surface area contributed by atoms with E-state index in [0.717, 1.165) is 5.56 Å². The van der Waals surface area contributed by atoms with Crippen molar-refractivity contribution in [2.45, 2.75) is 6.42 Å². The summed E-state index contributed by atoms with van der Waals surface area (Å²) in [6.45, 7) is 0.335. The number of hydrogen-bond donors (Lipinski definition) is 2. The van der Waals surface area contributed by atoms with Crippen molar-refractivity contribution in [1.82, 2.24) is 5.32 Å². The number of amides is 1. The van der Waals surface area contributed by atoms with Crippen LogP contribution in [-0.4, -0.2) is 39.9 Å². The molecule has 0 radical (unpaired) electrons. The lowest BCUT2D eigenvalue weighted by Crippen LogP contribution is -2.30. The first kappa shape index (κ1) is 15.1. The maximum absolute atomic E-state index is 11.4. The molecule has 0 bridgehead atoms. The Morgan fingerprint density at radius 1 is 1.33 bits per heavy atom.